The molecule has 0 saturated heterocycles. The molecule has 1 aromatic heterocycles. The van der Waals surface area contributed by atoms with Gasteiger partial charge in [0.1, 0.15) is 11.6 Å². The van der Waals surface area contributed by atoms with Crippen molar-refractivity contribution in [3.8, 4) is 0 Å². The Labute approximate surface area is 112 Å². The topological polar surface area (TPSA) is 30.2 Å². The van der Waals surface area contributed by atoms with E-state index < -0.39 is 0 Å². The van der Waals surface area contributed by atoms with Gasteiger partial charge in [-0.1, -0.05) is 12.1 Å². The molecule has 92 valence electrons. The van der Waals surface area contributed by atoms with E-state index in [-0.39, 0.29) is 11.6 Å². The second-order valence-electron chi connectivity index (χ2n) is 3.78. The van der Waals surface area contributed by atoms with Crippen LogP contribution in [0, 0.1) is 12.7 Å². The zero-order chi connectivity index (χ0) is 13.1. The molecule has 0 aliphatic rings. The highest BCUT2D eigenvalue weighted by atomic mass is 79.9. The largest absolute Gasteiger partial charge is 0.458 e. The predicted octanol–water partition coefficient (Wildman–Crippen LogP) is 4.39. The number of furan rings is 1. The molecule has 0 N–H and O–H groups in total. The van der Waals surface area contributed by atoms with Gasteiger partial charge in [-0.2, -0.15) is 0 Å². The van der Waals surface area contributed by atoms with Gasteiger partial charge in [-0.05, 0) is 58.8 Å². The molecule has 2 rings (SSSR count). The Morgan fingerprint density at radius 1 is 1.33 bits per heavy atom. The minimum atomic E-state index is -0.333. The molecule has 0 aliphatic carbocycles. The number of benzene rings is 1. The molecule has 0 spiro atoms. The summed E-state index contributed by atoms with van der Waals surface area (Å²) in [5.41, 5.74) is 0.736. The third kappa shape index (κ3) is 2.96. The van der Waals surface area contributed by atoms with Gasteiger partial charge in [-0.25, -0.2) is 4.39 Å². The van der Waals surface area contributed by atoms with Crippen molar-refractivity contribution in [3.63, 3.8) is 0 Å². The summed E-state index contributed by atoms with van der Waals surface area (Å²) in [6, 6.07) is 7.90. The highest BCUT2D eigenvalue weighted by Crippen LogP contribution is 2.18. The summed E-state index contributed by atoms with van der Waals surface area (Å²) in [6.07, 6.45) is 3.02. The van der Waals surface area contributed by atoms with E-state index >= 15 is 0 Å². The van der Waals surface area contributed by atoms with Gasteiger partial charge in [0.2, 0.25) is 5.78 Å². The van der Waals surface area contributed by atoms with Crippen LogP contribution in [0.15, 0.2) is 45.3 Å². The number of carbonyl (C=O) groups excluding carboxylic acids is 1. The third-order valence-corrected chi connectivity index (χ3v) is 2.96. The summed E-state index contributed by atoms with van der Waals surface area (Å²) < 4.78 is 18.6. The molecule has 0 bridgehead atoms. The van der Waals surface area contributed by atoms with Crippen LogP contribution < -0.4 is 0 Å². The maximum Gasteiger partial charge on any atom is 0.221 e. The Kier molecular flexibility index (Phi) is 3.77. The van der Waals surface area contributed by atoms with Crippen LogP contribution >= 0.6 is 15.9 Å². The fourth-order valence-electron chi connectivity index (χ4n) is 1.44. The molecule has 0 radical (unpaired) electrons. The molecular weight excluding hydrogens is 299 g/mol. The normalized spacial score (nSPS) is 11.1. The molecule has 0 atom stereocenters. The van der Waals surface area contributed by atoms with Crippen molar-refractivity contribution in [1.29, 1.82) is 0 Å². The van der Waals surface area contributed by atoms with E-state index in [1.165, 1.54) is 12.1 Å². The van der Waals surface area contributed by atoms with Crippen molar-refractivity contribution in [3.05, 3.63) is 63.8 Å². The smallest absolute Gasteiger partial charge is 0.221 e. The third-order valence-electron chi connectivity index (χ3n) is 2.35. The fourth-order valence-corrected chi connectivity index (χ4v) is 1.83. The quantitative estimate of drug-likeness (QED) is 0.622. The molecule has 2 nitrogen and oxygen atoms in total. The second-order valence-corrected chi connectivity index (χ2v) is 4.64. The number of hydrogen-bond donors (Lipinski definition) is 0. The van der Waals surface area contributed by atoms with Crippen LogP contribution in [0.25, 0.3) is 6.08 Å². The van der Waals surface area contributed by atoms with E-state index in [0.29, 0.717) is 16.0 Å². The van der Waals surface area contributed by atoms with Gasteiger partial charge in [0, 0.05) is 0 Å². The molecule has 0 unspecified atom stereocenters. The lowest BCUT2D eigenvalue weighted by Gasteiger charge is -1.96. The lowest BCUT2D eigenvalue weighted by molar-refractivity contribution is 0.102. The molecule has 0 saturated carbocycles. The molecule has 18 heavy (non-hydrogen) atoms. The van der Waals surface area contributed by atoms with Crippen LogP contribution in [0.1, 0.15) is 21.9 Å². The average molecular weight is 309 g/mol. The Balaban J connectivity index is 2.15. The zero-order valence-electron chi connectivity index (χ0n) is 9.61. The van der Waals surface area contributed by atoms with E-state index in [2.05, 4.69) is 15.9 Å². The molecule has 1 heterocycles. The standard InChI is InChI=1S/C14H10BrFO2/c1-9-2-7-14(18-9)13(17)6-4-10-3-5-12(16)11(15)8-10/h2-8H,1H3/b6-4+. The average Bonchev–Trinajstić information content (AvgIpc) is 2.77. The summed E-state index contributed by atoms with van der Waals surface area (Å²) in [5, 5.41) is 0. The first kappa shape index (κ1) is 12.8. The first-order valence-corrected chi connectivity index (χ1v) is 6.09. The monoisotopic (exact) mass is 308 g/mol. The van der Waals surface area contributed by atoms with E-state index in [4.69, 9.17) is 4.42 Å². The summed E-state index contributed by atoms with van der Waals surface area (Å²) in [7, 11) is 0. The summed E-state index contributed by atoms with van der Waals surface area (Å²) in [4.78, 5) is 11.7. The fraction of sp³-hybridized carbons (Fsp3) is 0.0714. The molecule has 4 heteroatoms. The molecule has 2 aromatic rings. The van der Waals surface area contributed by atoms with Crippen molar-refractivity contribution < 1.29 is 13.6 Å². The van der Waals surface area contributed by atoms with Crippen molar-refractivity contribution in [1.82, 2.24) is 0 Å². The van der Waals surface area contributed by atoms with Gasteiger partial charge < -0.3 is 4.42 Å². The highest BCUT2D eigenvalue weighted by Gasteiger charge is 2.06. The Morgan fingerprint density at radius 2 is 2.11 bits per heavy atom. The van der Waals surface area contributed by atoms with Crippen molar-refractivity contribution in [2.45, 2.75) is 6.92 Å². The van der Waals surface area contributed by atoms with Gasteiger partial charge in [-0.15, -0.1) is 0 Å². The van der Waals surface area contributed by atoms with Crippen LogP contribution in [-0.2, 0) is 0 Å². The molecule has 0 fully saturated rings. The maximum absolute atomic E-state index is 13.0. The van der Waals surface area contributed by atoms with Crippen LogP contribution in [0.3, 0.4) is 0 Å². The number of halogens is 2. The van der Waals surface area contributed by atoms with Crippen LogP contribution in [0.2, 0.25) is 0 Å². The minimum Gasteiger partial charge on any atom is -0.458 e. The van der Waals surface area contributed by atoms with Crippen molar-refractivity contribution in [2.24, 2.45) is 0 Å². The first-order chi connectivity index (χ1) is 8.56. The Bertz CT molecular complexity index is 614. The van der Waals surface area contributed by atoms with Gasteiger partial charge in [0.15, 0.2) is 5.76 Å². The molecule has 0 aliphatic heterocycles. The SMILES string of the molecule is Cc1ccc(C(=O)/C=C/c2ccc(F)c(Br)c2)o1. The van der Waals surface area contributed by atoms with Gasteiger partial charge in [-0.3, -0.25) is 4.79 Å². The van der Waals surface area contributed by atoms with E-state index in [1.54, 1.807) is 37.3 Å². The maximum atomic E-state index is 13.0. The van der Waals surface area contributed by atoms with Crippen LogP contribution in [0.4, 0.5) is 4.39 Å². The Morgan fingerprint density at radius 3 is 2.72 bits per heavy atom. The van der Waals surface area contributed by atoms with Gasteiger partial charge >= 0.3 is 0 Å². The van der Waals surface area contributed by atoms with Crippen LogP contribution in [0.5, 0.6) is 0 Å². The van der Waals surface area contributed by atoms with Crippen molar-refractivity contribution in [2.75, 3.05) is 0 Å². The number of ketones is 1. The van der Waals surface area contributed by atoms with Crippen molar-refractivity contribution >= 4 is 27.8 Å². The number of hydrogen-bond acceptors (Lipinski definition) is 2. The van der Waals surface area contributed by atoms with Gasteiger partial charge in [0.25, 0.3) is 0 Å². The number of aryl methyl sites for hydroxylation is 1. The van der Waals surface area contributed by atoms with E-state index in [1.807, 2.05) is 0 Å². The highest BCUT2D eigenvalue weighted by molar-refractivity contribution is 9.10. The van der Waals surface area contributed by atoms with Crippen LogP contribution in [-0.4, -0.2) is 5.78 Å². The minimum absolute atomic E-state index is 0.219. The summed E-state index contributed by atoms with van der Waals surface area (Å²) >= 11 is 3.09. The summed E-state index contributed by atoms with van der Waals surface area (Å²) in [6.45, 7) is 1.78. The predicted molar refractivity (Wildman–Crippen MR) is 70.9 cm³/mol. The molecule has 0 amide bonds. The lowest BCUT2D eigenvalue weighted by atomic mass is 10.2. The summed E-state index contributed by atoms with van der Waals surface area (Å²) in [5.74, 6) is 0.435. The van der Waals surface area contributed by atoms with Gasteiger partial charge in [0.05, 0.1) is 4.47 Å². The first-order valence-electron chi connectivity index (χ1n) is 5.30. The Hall–Kier alpha value is -1.68. The molecule has 1 aromatic carbocycles. The number of rotatable bonds is 3. The zero-order valence-corrected chi connectivity index (χ0v) is 11.2. The number of allylic oxidation sites excluding steroid dienone is 1. The lowest BCUT2D eigenvalue weighted by Crippen LogP contribution is -1.90. The number of carbonyl (C=O) groups is 1. The second kappa shape index (κ2) is 5.31. The van der Waals surface area contributed by atoms with E-state index in [9.17, 15) is 9.18 Å². The van der Waals surface area contributed by atoms with E-state index in [0.717, 1.165) is 5.56 Å². The molecular formula is C14H10BrFO2.